The average Bonchev–Trinajstić information content (AvgIpc) is 2.82. The van der Waals surface area contributed by atoms with Crippen LogP contribution in [0.3, 0.4) is 0 Å². The van der Waals surface area contributed by atoms with Crippen molar-refractivity contribution in [1.82, 2.24) is 0 Å². The fraction of sp³-hybridized carbons (Fsp3) is 0.214. The average molecular weight is 265 g/mol. The van der Waals surface area contributed by atoms with Crippen molar-refractivity contribution in [3.63, 3.8) is 0 Å². The number of carbonyl (C=O) groups is 1. The number of rotatable bonds is 5. The summed E-state index contributed by atoms with van der Waals surface area (Å²) in [6, 6.07) is 9.58. The molecule has 1 aromatic heterocycles. The highest BCUT2D eigenvalue weighted by Crippen LogP contribution is 2.17. The Hall–Kier alpha value is -1.12. The highest BCUT2D eigenvalue weighted by molar-refractivity contribution is 7.07. The Labute approximate surface area is 110 Å². The number of hydrogen-bond acceptors (Lipinski definition) is 2. The summed E-state index contributed by atoms with van der Waals surface area (Å²) in [7, 11) is 0. The van der Waals surface area contributed by atoms with Crippen molar-refractivity contribution in [1.29, 1.82) is 0 Å². The molecule has 2 rings (SSSR count). The van der Waals surface area contributed by atoms with Crippen LogP contribution in [-0.4, -0.2) is 5.78 Å². The van der Waals surface area contributed by atoms with Crippen LogP contribution in [0.2, 0.25) is 5.02 Å². The first-order valence-electron chi connectivity index (χ1n) is 5.52. The van der Waals surface area contributed by atoms with E-state index in [4.69, 9.17) is 11.6 Å². The van der Waals surface area contributed by atoms with Gasteiger partial charge in [-0.05, 0) is 40.4 Å². The molecule has 0 saturated carbocycles. The molecular weight excluding hydrogens is 252 g/mol. The molecule has 3 heteroatoms. The lowest BCUT2D eigenvalue weighted by molar-refractivity contribution is -0.118. The van der Waals surface area contributed by atoms with Gasteiger partial charge in [-0.15, -0.1) is 0 Å². The van der Waals surface area contributed by atoms with E-state index in [0.717, 1.165) is 12.0 Å². The minimum atomic E-state index is 0.240. The number of ketones is 1. The van der Waals surface area contributed by atoms with Crippen molar-refractivity contribution in [2.75, 3.05) is 0 Å². The summed E-state index contributed by atoms with van der Waals surface area (Å²) >= 11 is 7.68. The molecule has 2 aromatic rings. The standard InChI is InChI=1S/C14H13ClOS/c15-14-4-2-1-3-12(14)9-13(16)6-5-11-7-8-17-10-11/h1-4,7-8,10H,5-6,9H2. The topological polar surface area (TPSA) is 17.1 Å². The first-order chi connectivity index (χ1) is 8.25. The van der Waals surface area contributed by atoms with Crippen molar-refractivity contribution < 1.29 is 4.79 Å². The number of carbonyl (C=O) groups excluding carboxylic acids is 1. The third-order valence-electron chi connectivity index (χ3n) is 2.62. The summed E-state index contributed by atoms with van der Waals surface area (Å²) in [4.78, 5) is 11.8. The van der Waals surface area contributed by atoms with Gasteiger partial charge in [-0.25, -0.2) is 0 Å². The third kappa shape index (κ3) is 3.69. The van der Waals surface area contributed by atoms with Crippen LogP contribution in [-0.2, 0) is 17.6 Å². The fourth-order valence-corrected chi connectivity index (χ4v) is 2.57. The number of thiophene rings is 1. The van der Waals surface area contributed by atoms with Crippen LogP contribution in [0.15, 0.2) is 41.1 Å². The fourth-order valence-electron chi connectivity index (χ4n) is 1.66. The summed E-state index contributed by atoms with van der Waals surface area (Å²) in [5.74, 6) is 0.240. The SMILES string of the molecule is O=C(CCc1ccsc1)Cc1ccccc1Cl. The summed E-state index contributed by atoms with van der Waals surface area (Å²) in [6.45, 7) is 0. The molecule has 0 bridgehead atoms. The number of benzene rings is 1. The maximum atomic E-state index is 11.8. The molecule has 17 heavy (non-hydrogen) atoms. The quantitative estimate of drug-likeness (QED) is 0.793. The lowest BCUT2D eigenvalue weighted by Gasteiger charge is -2.03. The van der Waals surface area contributed by atoms with Crippen molar-refractivity contribution in [3.05, 3.63) is 57.2 Å². The third-order valence-corrected chi connectivity index (χ3v) is 3.72. The molecule has 0 N–H and O–H groups in total. The predicted octanol–water partition coefficient (Wildman–Crippen LogP) is 4.15. The summed E-state index contributed by atoms with van der Waals surface area (Å²) in [5, 5.41) is 4.80. The molecule has 1 heterocycles. The largest absolute Gasteiger partial charge is 0.299 e. The molecular formula is C14H13ClOS. The minimum absolute atomic E-state index is 0.240. The van der Waals surface area contributed by atoms with E-state index in [1.165, 1.54) is 5.56 Å². The molecule has 0 aliphatic heterocycles. The highest BCUT2D eigenvalue weighted by Gasteiger charge is 2.07. The lowest BCUT2D eigenvalue weighted by Crippen LogP contribution is -2.04. The lowest BCUT2D eigenvalue weighted by atomic mass is 10.0. The second kappa shape index (κ2) is 5.99. The Morgan fingerprint density at radius 3 is 2.76 bits per heavy atom. The van der Waals surface area contributed by atoms with Gasteiger partial charge in [0.15, 0.2) is 0 Å². The molecule has 0 aliphatic rings. The van der Waals surface area contributed by atoms with E-state index in [-0.39, 0.29) is 5.78 Å². The van der Waals surface area contributed by atoms with E-state index < -0.39 is 0 Å². The maximum Gasteiger partial charge on any atom is 0.137 e. The number of hydrogen-bond donors (Lipinski definition) is 0. The van der Waals surface area contributed by atoms with Crippen LogP contribution in [0.25, 0.3) is 0 Å². The first-order valence-corrected chi connectivity index (χ1v) is 6.84. The summed E-state index contributed by atoms with van der Waals surface area (Å²) in [5.41, 5.74) is 2.16. The van der Waals surface area contributed by atoms with Crippen LogP contribution in [0.5, 0.6) is 0 Å². The van der Waals surface area contributed by atoms with Crippen LogP contribution < -0.4 is 0 Å². The van der Waals surface area contributed by atoms with E-state index in [1.807, 2.05) is 29.6 Å². The van der Waals surface area contributed by atoms with Gasteiger partial charge in [0, 0.05) is 17.9 Å². The molecule has 88 valence electrons. The van der Waals surface area contributed by atoms with E-state index >= 15 is 0 Å². The smallest absolute Gasteiger partial charge is 0.137 e. The Bertz CT molecular complexity index is 491. The van der Waals surface area contributed by atoms with Gasteiger partial charge in [0.25, 0.3) is 0 Å². The molecule has 0 saturated heterocycles. The van der Waals surface area contributed by atoms with Crippen LogP contribution >= 0.6 is 22.9 Å². The van der Waals surface area contributed by atoms with Crippen LogP contribution in [0, 0.1) is 0 Å². The molecule has 0 spiro atoms. The number of Topliss-reactive ketones (excluding diaryl/α,β-unsaturated/α-hetero) is 1. The molecule has 0 amide bonds. The zero-order chi connectivity index (χ0) is 12.1. The van der Waals surface area contributed by atoms with E-state index in [1.54, 1.807) is 11.3 Å². The second-order valence-corrected chi connectivity index (χ2v) is 5.13. The molecule has 0 atom stereocenters. The van der Waals surface area contributed by atoms with Gasteiger partial charge in [0.05, 0.1) is 0 Å². The summed E-state index contributed by atoms with van der Waals surface area (Å²) < 4.78 is 0. The van der Waals surface area contributed by atoms with Crippen molar-refractivity contribution >= 4 is 28.7 Å². The minimum Gasteiger partial charge on any atom is -0.299 e. The summed E-state index contributed by atoms with van der Waals surface area (Å²) in [6.07, 6.45) is 1.85. The Morgan fingerprint density at radius 1 is 1.24 bits per heavy atom. The molecule has 0 radical (unpaired) electrons. The van der Waals surface area contributed by atoms with Gasteiger partial charge >= 0.3 is 0 Å². The van der Waals surface area contributed by atoms with Gasteiger partial charge in [0.1, 0.15) is 5.78 Å². The monoisotopic (exact) mass is 264 g/mol. The van der Waals surface area contributed by atoms with Gasteiger partial charge in [0.2, 0.25) is 0 Å². The van der Waals surface area contributed by atoms with E-state index in [0.29, 0.717) is 17.9 Å². The molecule has 1 aromatic carbocycles. The second-order valence-electron chi connectivity index (χ2n) is 3.94. The van der Waals surface area contributed by atoms with E-state index in [9.17, 15) is 4.79 Å². The van der Waals surface area contributed by atoms with Crippen LogP contribution in [0.4, 0.5) is 0 Å². The van der Waals surface area contributed by atoms with Gasteiger partial charge in [-0.3, -0.25) is 4.79 Å². The Balaban J connectivity index is 1.87. The predicted molar refractivity (Wildman–Crippen MR) is 72.8 cm³/mol. The van der Waals surface area contributed by atoms with Gasteiger partial charge < -0.3 is 0 Å². The number of halogens is 1. The van der Waals surface area contributed by atoms with Crippen molar-refractivity contribution in [2.24, 2.45) is 0 Å². The molecule has 0 fully saturated rings. The normalized spacial score (nSPS) is 10.4. The van der Waals surface area contributed by atoms with Gasteiger partial charge in [-0.2, -0.15) is 11.3 Å². The molecule has 1 nitrogen and oxygen atoms in total. The zero-order valence-corrected chi connectivity index (χ0v) is 10.9. The van der Waals surface area contributed by atoms with Crippen molar-refractivity contribution in [2.45, 2.75) is 19.3 Å². The Kier molecular flexibility index (Phi) is 4.35. The molecule has 0 aliphatic carbocycles. The van der Waals surface area contributed by atoms with Crippen molar-refractivity contribution in [3.8, 4) is 0 Å². The maximum absolute atomic E-state index is 11.8. The first kappa shape index (κ1) is 12.3. The zero-order valence-electron chi connectivity index (χ0n) is 9.36. The highest BCUT2D eigenvalue weighted by atomic mass is 35.5. The Morgan fingerprint density at radius 2 is 2.06 bits per heavy atom. The van der Waals surface area contributed by atoms with Crippen LogP contribution in [0.1, 0.15) is 17.5 Å². The van der Waals surface area contributed by atoms with Gasteiger partial charge in [-0.1, -0.05) is 29.8 Å². The number of aryl methyl sites for hydroxylation is 1. The molecule has 0 unspecified atom stereocenters. The van der Waals surface area contributed by atoms with E-state index in [2.05, 4.69) is 11.4 Å².